The Hall–Kier alpha value is -1.42. The van der Waals surface area contributed by atoms with E-state index in [9.17, 15) is 4.79 Å². The third-order valence-corrected chi connectivity index (χ3v) is 2.52. The topological polar surface area (TPSA) is 42.4 Å². The van der Waals surface area contributed by atoms with Crippen molar-refractivity contribution in [3.05, 3.63) is 30.1 Å². The predicted octanol–water partition coefficient (Wildman–Crippen LogP) is 1.86. The number of amides is 1. The zero-order valence-electron chi connectivity index (χ0n) is 10.6. The van der Waals surface area contributed by atoms with Crippen LogP contribution >= 0.6 is 0 Å². The van der Waals surface area contributed by atoms with Crippen LogP contribution in [0.1, 0.15) is 25.3 Å². The van der Waals surface area contributed by atoms with Gasteiger partial charge in [0, 0.05) is 32.6 Å². The lowest BCUT2D eigenvalue weighted by Gasteiger charge is -2.22. The molecule has 94 valence electrons. The van der Waals surface area contributed by atoms with E-state index >= 15 is 0 Å². The van der Waals surface area contributed by atoms with Crippen LogP contribution in [0.4, 0.5) is 0 Å². The Kier molecular flexibility index (Phi) is 6.25. The molecule has 0 N–H and O–H groups in total. The molecule has 0 aliphatic carbocycles. The van der Waals surface area contributed by atoms with Gasteiger partial charge in [-0.2, -0.15) is 0 Å². The van der Waals surface area contributed by atoms with Gasteiger partial charge in [-0.15, -0.1) is 0 Å². The lowest BCUT2D eigenvalue weighted by atomic mass is 10.2. The van der Waals surface area contributed by atoms with Crippen LogP contribution in [0.25, 0.3) is 0 Å². The van der Waals surface area contributed by atoms with Crippen molar-refractivity contribution in [2.75, 3.05) is 20.3 Å². The van der Waals surface area contributed by atoms with Gasteiger partial charge >= 0.3 is 0 Å². The molecule has 0 aliphatic heterocycles. The average Bonchev–Trinajstić information content (AvgIpc) is 2.36. The van der Waals surface area contributed by atoms with E-state index < -0.39 is 0 Å². The number of nitrogens with zero attached hydrogens (tertiary/aromatic N) is 2. The highest BCUT2D eigenvalue weighted by Crippen LogP contribution is 2.05. The number of pyridine rings is 1. The van der Waals surface area contributed by atoms with Gasteiger partial charge in [0.15, 0.2) is 0 Å². The quantitative estimate of drug-likeness (QED) is 0.725. The van der Waals surface area contributed by atoms with E-state index in [1.807, 2.05) is 17.0 Å². The van der Waals surface area contributed by atoms with Gasteiger partial charge in [-0.25, -0.2) is 0 Å². The van der Waals surface area contributed by atoms with Crippen molar-refractivity contribution in [2.24, 2.45) is 0 Å². The normalized spacial score (nSPS) is 10.2. The largest absolute Gasteiger partial charge is 0.375 e. The molecule has 1 aromatic rings. The Morgan fingerprint density at radius 2 is 2.12 bits per heavy atom. The molecule has 1 rings (SSSR count). The van der Waals surface area contributed by atoms with Gasteiger partial charge in [0.25, 0.3) is 0 Å². The fourth-order valence-electron chi connectivity index (χ4n) is 1.56. The van der Waals surface area contributed by atoms with Gasteiger partial charge in [0.1, 0.15) is 6.61 Å². The van der Waals surface area contributed by atoms with Crippen LogP contribution in [0.5, 0.6) is 0 Å². The second-order valence-corrected chi connectivity index (χ2v) is 3.96. The molecule has 0 radical (unpaired) electrons. The first-order valence-corrected chi connectivity index (χ1v) is 5.93. The summed E-state index contributed by atoms with van der Waals surface area (Å²) in [4.78, 5) is 17.6. The monoisotopic (exact) mass is 236 g/mol. The smallest absolute Gasteiger partial charge is 0.248 e. The standard InChI is InChI=1S/C13H20N2O2/c1-3-4-9-15(13(16)11-17-2)10-12-5-7-14-8-6-12/h5-8H,3-4,9-11H2,1-2H3. The van der Waals surface area contributed by atoms with E-state index in [2.05, 4.69) is 11.9 Å². The third kappa shape index (κ3) is 4.95. The van der Waals surface area contributed by atoms with E-state index in [4.69, 9.17) is 4.74 Å². The molecule has 0 saturated carbocycles. The van der Waals surface area contributed by atoms with Crippen molar-refractivity contribution in [1.82, 2.24) is 9.88 Å². The molecule has 0 atom stereocenters. The van der Waals surface area contributed by atoms with Gasteiger partial charge in [0.05, 0.1) is 0 Å². The molecule has 4 heteroatoms. The van der Waals surface area contributed by atoms with Crippen LogP contribution in [0.15, 0.2) is 24.5 Å². The molecular weight excluding hydrogens is 216 g/mol. The van der Waals surface area contributed by atoms with Gasteiger partial charge < -0.3 is 9.64 Å². The molecule has 0 spiro atoms. The predicted molar refractivity (Wildman–Crippen MR) is 66.4 cm³/mol. The number of hydrogen-bond acceptors (Lipinski definition) is 3. The van der Waals surface area contributed by atoms with Gasteiger partial charge in [-0.3, -0.25) is 9.78 Å². The summed E-state index contributed by atoms with van der Waals surface area (Å²) in [6.45, 7) is 3.67. The maximum Gasteiger partial charge on any atom is 0.248 e. The number of unbranched alkanes of at least 4 members (excludes halogenated alkanes) is 1. The number of carbonyl (C=O) groups is 1. The highest BCUT2D eigenvalue weighted by molar-refractivity contribution is 5.77. The fraction of sp³-hybridized carbons (Fsp3) is 0.538. The van der Waals surface area contributed by atoms with Crippen molar-refractivity contribution < 1.29 is 9.53 Å². The molecule has 4 nitrogen and oxygen atoms in total. The highest BCUT2D eigenvalue weighted by atomic mass is 16.5. The van der Waals surface area contributed by atoms with E-state index in [1.165, 1.54) is 0 Å². The molecule has 0 aliphatic rings. The van der Waals surface area contributed by atoms with Crippen LogP contribution < -0.4 is 0 Å². The summed E-state index contributed by atoms with van der Waals surface area (Å²) < 4.78 is 4.90. The van der Waals surface area contributed by atoms with Gasteiger partial charge in [-0.05, 0) is 24.1 Å². The van der Waals surface area contributed by atoms with Crippen molar-refractivity contribution in [3.63, 3.8) is 0 Å². The number of ether oxygens (including phenoxy) is 1. The average molecular weight is 236 g/mol. The van der Waals surface area contributed by atoms with Crippen molar-refractivity contribution in [2.45, 2.75) is 26.3 Å². The molecule has 1 heterocycles. The minimum absolute atomic E-state index is 0.0396. The van der Waals surface area contributed by atoms with E-state index in [0.29, 0.717) is 6.54 Å². The summed E-state index contributed by atoms with van der Waals surface area (Å²) in [6, 6.07) is 3.86. The van der Waals surface area contributed by atoms with Crippen molar-refractivity contribution in [3.8, 4) is 0 Å². The van der Waals surface area contributed by atoms with E-state index in [-0.39, 0.29) is 12.5 Å². The number of hydrogen-bond donors (Lipinski definition) is 0. The molecule has 0 unspecified atom stereocenters. The summed E-state index contributed by atoms with van der Waals surface area (Å²) in [7, 11) is 1.54. The number of rotatable bonds is 7. The minimum atomic E-state index is 0.0396. The first-order valence-electron chi connectivity index (χ1n) is 5.93. The van der Waals surface area contributed by atoms with E-state index in [1.54, 1.807) is 19.5 Å². The SMILES string of the molecule is CCCCN(Cc1ccncc1)C(=O)COC. The molecule has 0 saturated heterocycles. The second kappa shape index (κ2) is 7.79. The zero-order valence-corrected chi connectivity index (χ0v) is 10.6. The van der Waals surface area contributed by atoms with E-state index in [0.717, 1.165) is 24.9 Å². The lowest BCUT2D eigenvalue weighted by Crippen LogP contribution is -2.34. The molecular formula is C13H20N2O2. The van der Waals surface area contributed by atoms with Crippen LogP contribution in [0.2, 0.25) is 0 Å². The molecule has 0 fully saturated rings. The Balaban J connectivity index is 2.59. The molecule has 1 aromatic heterocycles. The maximum atomic E-state index is 11.8. The molecule has 0 bridgehead atoms. The zero-order chi connectivity index (χ0) is 12.5. The maximum absolute atomic E-state index is 11.8. The van der Waals surface area contributed by atoms with Crippen LogP contribution in [0, 0.1) is 0 Å². The number of methoxy groups -OCH3 is 1. The third-order valence-electron chi connectivity index (χ3n) is 2.52. The van der Waals surface area contributed by atoms with Crippen LogP contribution in [-0.4, -0.2) is 36.1 Å². The van der Waals surface area contributed by atoms with Crippen LogP contribution in [0.3, 0.4) is 0 Å². The Bertz CT molecular complexity index is 327. The number of carbonyl (C=O) groups excluding carboxylic acids is 1. The number of aromatic nitrogens is 1. The molecule has 0 aromatic carbocycles. The van der Waals surface area contributed by atoms with Crippen molar-refractivity contribution >= 4 is 5.91 Å². The summed E-state index contributed by atoms with van der Waals surface area (Å²) in [5.41, 5.74) is 1.10. The second-order valence-electron chi connectivity index (χ2n) is 3.96. The molecule has 17 heavy (non-hydrogen) atoms. The van der Waals surface area contributed by atoms with Gasteiger partial charge in [-0.1, -0.05) is 13.3 Å². The minimum Gasteiger partial charge on any atom is -0.375 e. The fourth-order valence-corrected chi connectivity index (χ4v) is 1.56. The van der Waals surface area contributed by atoms with Gasteiger partial charge in [0.2, 0.25) is 5.91 Å². The molecule has 1 amide bonds. The Labute approximate surface area is 103 Å². The summed E-state index contributed by atoms with van der Waals surface area (Å²) in [5.74, 6) is 0.0396. The Morgan fingerprint density at radius 3 is 2.71 bits per heavy atom. The first-order chi connectivity index (χ1) is 8.27. The summed E-state index contributed by atoms with van der Waals surface area (Å²) in [6.07, 6.45) is 5.58. The Morgan fingerprint density at radius 1 is 1.41 bits per heavy atom. The first kappa shape index (κ1) is 13.6. The van der Waals surface area contributed by atoms with Crippen molar-refractivity contribution in [1.29, 1.82) is 0 Å². The summed E-state index contributed by atoms with van der Waals surface area (Å²) >= 11 is 0. The highest BCUT2D eigenvalue weighted by Gasteiger charge is 2.12. The lowest BCUT2D eigenvalue weighted by molar-refractivity contribution is -0.135. The summed E-state index contributed by atoms with van der Waals surface area (Å²) in [5, 5.41) is 0. The van der Waals surface area contributed by atoms with Crippen LogP contribution in [-0.2, 0) is 16.1 Å².